The molecule has 1 N–H and O–H groups in total. The first kappa shape index (κ1) is 17.9. The summed E-state index contributed by atoms with van der Waals surface area (Å²) in [5.41, 5.74) is 5.66. The normalized spacial score (nSPS) is 18.0. The monoisotopic (exact) mass is 364 g/mol. The molecule has 1 fully saturated rings. The molecule has 4 rings (SSSR count). The van der Waals surface area contributed by atoms with Gasteiger partial charge in [-0.15, -0.1) is 0 Å². The molecule has 1 unspecified atom stereocenters. The highest BCUT2D eigenvalue weighted by Crippen LogP contribution is 2.26. The highest BCUT2D eigenvalue weighted by Gasteiger charge is 2.24. The van der Waals surface area contributed by atoms with Crippen molar-refractivity contribution in [3.8, 4) is 5.69 Å². The molecule has 0 amide bonds. The summed E-state index contributed by atoms with van der Waals surface area (Å²) in [6.45, 7) is 7.74. The molecule has 0 spiro atoms. The van der Waals surface area contributed by atoms with Gasteiger partial charge in [-0.2, -0.15) is 5.10 Å². The maximum Gasteiger partial charge on any atom is 0.123 e. The molecule has 0 radical (unpaired) electrons. The minimum absolute atomic E-state index is 0.173. The lowest BCUT2D eigenvalue weighted by Crippen LogP contribution is -2.45. The van der Waals surface area contributed by atoms with Gasteiger partial charge < -0.3 is 5.32 Å². The van der Waals surface area contributed by atoms with Crippen molar-refractivity contribution < 1.29 is 4.39 Å². The molecule has 5 heteroatoms. The van der Waals surface area contributed by atoms with E-state index in [0.29, 0.717) is 0 Å². The van der Waals surface area contributed by atoms with Crippen LogP contribution in [0.15, 0.2) is 54.7 Å². The van der Waals surface area contributed by atoms with E-state index in [0.717, 1.165) is 43.1 Å². The number of hydrogen-bond acceptors (Lipinski definition) is 3. The number of nitrogens with zero attached hydrogens (tertiary/aromatic N) is 3. The quantitative estimate of drug-likeness (QED) is 0.765. The molecule has 1 saturated heterocycles. The second-order valence-electron chi connectivity index (χ2n) is 7.26. The number of rotatable bonds is 4. The van der Waals surface area contributed by atoms with E-state index in [-0.39, 0.29) is 11.9 Å². The van der Waals surface area contributed by atoms with E-state index in [2.05, 4.69) is 40.4 Å². The van der Waals surface area contributed by atoms with Crippen LogP contribution in [-0.2, 0) is 6.54 Å². The predicted molar refractivity (Wildman–Crippen MR) is 105 cm³/mol. The lowest BCUT2D eigenvalue weighted by atomic mass is 10.0. The van der Waals surface area contributed by atoms with E-state index in [9.17, 15) is 4.39 Å². The van der Waals surface area contributed by atoms with Gasteiger partial charge in [0, 0.05) is 38.4 Å². The summed E-state index contributed by atoms with van der Waals surface area (Å²) in [6.07, 6.45) is 1.99. The zero-order chi connectivity index (χ0) is 18.8. The largest absolute Gasteiger partial charge is 0.314 e. The first-order valence-corrected chi connectivity index (χ1v) is 9.42. The summed E-state index contributed by atoms with van der Waals surface area (Å²) in [4.78, 5) is 2.44. The number of aromatic nitrogens is 2. The molecule has 0 saturated carbocycles. The van der Waals surface area contributed by atoms with Gasteiger partial charge in [-0.25, -0.2) is 9.07 Å². The van der Waals surface area contributed by atoms with E-state index < -0.39 is 0 Å². The van der Waals surface area contributed by atoms with Gasteiger partial charge in [0.2, 0.25) is 0 Å². The number of benzene rings is 2. The van der Waals surface area contributed by atoms with Crippen LogP contribution in [0.2, 0.25) is 0 Å². The number of aryl methyl sites for hydroxylation is 2. The molecule has 1 aliphatic heterocycles. The third kappa shape index (κ3) is 3.94. The van der Waals surface area contributed by atoms with Gasteiger partial charge in [0.1, 0.15) is 5.82 Å². The van der Waals surface area contributed by atoms with Crippen LogP contribution in [0.4, 0.5) is 4.39 Å². The summed E-state index contributed by atoms with van der Waals surface area (Å²) in [7, 11) is 0. The Kier molecular flexibility index (Phi) is 5.05. The van der Waals surface area contributed by atoms with E-state index in [1.165, 1.54) is 17.2 Å². The zero-order valence-corrected chi connectivity index (χ0v) is 15.8. The molecule has 140 valence electrons. The van der Waals surface area contributed by atoms with Crippen molar-refractivity contribution in [3.63, 3.8) is 0 Å². The Hall–Kier alpha value is -2.50. The summed E-state index contributed by atoms with van der Waals surface area (Å²) >= 11 is 0. The van der Waals surface area contributed by atoms with Crippen molar-refractivity contribution >= 4 is 0 Å². The Morgan fingerprint density at radius 1 is 1.15 bits per heavy atom. The molecular formula is C22H25FN4. The minimum Gasteiger partial charge on any atom is -0.314 e. The third-order valence-electron chi connectivity index (χ3n) is 5.27. The molecule has 27 heavy (non-hydrogen) atoms. The van der Waals surface area contributed by atoms with Gasteiger partial charge in [0.05, 0.1) is 11.4 Å². The number of nitrogens with one attached hydrogen (secondary N) is 1. The molecule has 1 atom stereocenters. The van der Waals surface area contributed by atoms with Crippen LogP contribution < -0.4 is 5.32 Å². The molecule has 1 aromatic heterocycles. The van der Waals surface area contributed by atoms with Crippen LogP contribution in [0.1, 0.15) is 28.4 Å². The summed E-state index contributed by atoms with van der Waals surface area (Å²) in [5, 5.41) is 7.93. The fourth-order valence-corrected chi connectivity index (χ4v) is 3.76. The topological polar surface area (TPSA) is 33.1 Å². The van der Waals surface area contributed by atoms with Crippen molar-refractivity contribution in [2.24, 2.45) is 0 Å². The Bertz CT molecular complexity index is 934. The molecule has 2 aromatic carbocycles. The fraction of sp³-hybridized carbons (Fsp3) is 0.318. The third-order valence-corrected chi connectivity index (χ3v) is 5.27. The number of halogens is 1. The average Bonchev–Trinajstić information content (AvgIpc) is 3.10. The summed E-state index contributed by atoms with van der Waals surface area (Å²) in [5.74, 6) is -0.173. The fourth-order valence-electron chi connectivity index (χ4n) is 3.76. The van der Waals surface area contributed by atoms with Crippen molar-refractivity contribution in [2.75, 3.05) is 19.6 Å². The van der Waals surface area contributed by atoms with Crippen LogP contribution in [0.25, 0.3) is 5.69 Å². The average molecular weight is 364 g/mol. The lowest BCUT2D eigenvalue weighted by molar-refractivity contribution is 0.153. The van der Waals surface area contributed by atoms with Gasteiger partial charge in [-0.05, 0) is 60.9 Å². The Morgan fingerprint density at radius 2 is 2.04 bits per heavy atom. The van der Waals surface area contributed by atoms with Gasteiger partial charge >= 0.3 is 0 Å². The van der Waals surface area contributed by atoms with Crippen LogP contribution in [0, 0.1) is 19.7 Å². The van der Waals surface area contributed by atoms with Gasteiger partial charge in [-0.3, -0.25) is 4.90 Å². The predicted octanol–water partition coefficient (Wildman–Crippen LogP) is 3.77. The SMILES string of the molecule is Cc1ccn(-c2ccc(CN3CCNCC3c3cccc(F)c3)c(C)c2)n1. The Balaban J connectivity index is 1.56. The molecular weight excluding hydrogens is 339 g/mol. The second-order valence-corrected chi connectivity index (χ2v) is 7.26. The molecule has 4 nitrogen and oxygen atoms in total. The van der Waals surface area contributed by atoms with Crippen LogP contribution in [-0.4, -0.2) is 34.3 Å². The first-order chi connectivity index (χ1) is 13.1. The lowest BCUT2D eigenvalue weighted by Gasteiger charge is -2.37. The Labute approximate surface area is 159 Å². The van der Waals surface area contributed by atoms with Gasteiger partial charge in [-0.1, -0.05) is 18.2 Å². The van der Waals surface area contributed by atoms with Crippen molar-refractivity contribution in [1.29, 1.82) is 0 Å². The molecule has 0 aliphatic carbocycles. The maximum atomic E-state index is 13.7. The summed E-state index contributed by atoms with van der Waals surface area (Å²) in [6, 6.07) is 15.6. The standard InChI is InChI=1S/C22H25FN4/c1-16-12-21(27-10-8-17(2)25-27)7-6-19(16)15-26-11-9-24-14-22(26)18-4-3-5-20(23)13-18/h3-8,10,12-13,22,24H,9,11,14-15H2,1-2H3. The van der Waals surface area contributed by atoms with Crippen molar-refractivity contribution in [1.82, 2.24) is 20.0 Å². The number of hydrogen-bond donors (Lipinski definition) is 1. The second kappa shape index (κ2) is 7.62. The Morgan fingerprint density at radius 3 is 2.78 bits per heavy atom. The van der Waals surface area contributed by atoms with E-state index in [1.807, 2.05) is 29.9 Å². The van der Waals surface area contributed by atoms with Crippen LogP contribution in [0.5, 0.6) is 0 Å². The van der Waals surface area contributed by atoms with Crippen LogP contribution in [0.3, 0.4) is 0 Å². The van der Waals surface area contributed by atoms with Crippen LogP contribution >= 0.6 is 0 Å². The van der Waals surface area contributed by atoms with Crippen molar-refractivity contribution in [3.05, 3.63) is 82.9 Å². The summed E-state index contributed by atoms with van der Waals surface area (Å²) < 4.78 is 15.6. The van der Waals surface area contributed by atoms with Crippen molar-refractivity contribution in [2.45, 2.75) is 26.4 Å². The molecule has 2 heterocycles. The first-order valence-electron chi connectivity index (χ1n) is 9.42. The molecule has 3 aromatic rings. The smallest absolute Gasteiger partial charge is 0.123 e. The van der Waals surface area contributed by atoms with Gasteiger partial charge in [0.25, 0.3) is 0 Å². The van der Waals surface area contributed by atoms with E-state index >= 15 is 0 Å². The highest BCUT2D eigenvalue weighted by molar-refractivity contribution is 5.40. The van der Waals surface area contributed by atoms with E-state index in [1.54, 1.807) is 12.1 Å². The highest BCUT2D eigenvalue weighted by atomic mass is 19.1. The molecule has 0 bridgehead atoms. The molecule has 1 aliphatic rings. The minimum atomic E-state index is -0.173. The van der Waals surface area contributed by atoms with E-state index in [4.69, 9.17) is 0 Å². The maximum absolute atomic E-state index is 13.7. The number of piperazine rings is 1. The zero-order valence-electron chi connectivity index (χ0n) is 15.8. The van der Waals surface area contributed by atoms with Gasteiger partial charge in [0.15, 0.2) is 0 Å².